The van der Waals surface area contributed by atoms with Gasteiger partial charge in [-0.05, 0) is 46.5 Å². The quantitative estimate of drug-likeness (QED) is 0.645. The zero-order valence-electron chi connectivity index (χ0n) is 14.8. The van der Waals surface area contributed by atoms with Gasteiger partial charge in [-0.25, -0.2) is 4.98 Å². The number of fused-ring (bicyclic) bond motifs is 1. The van der Waals surface area contributed by atoms with Gasteiger partial charge in [0.05, 0.1) is 5.39 Å². The van der Waals surface area contributed by atoms with Crippen LogP contribution in [0, 0.1) is 5.92 Å². The van der Waals surface area contributed by atoms with Crippen LogP contribution in [0.25, 0.3) is 22.3 Å². The van der Waals surface area contributed by atoms with E-state index in [1.807, 2.05) is 27.8 Å². The van der Waals surface area contributed by atoms with Crippen LogP contribution in [0.4, 0.5) is 0 Å². The van der Waals surface area contributed by atoms with E-state index in [2.05, 4.69) is 51.1 Å². The molecule has 3 heterocycles. The Bertz CT molecular complexity index is 938. The van der Waals surface area contributed by atoms with Gasteiger partial charge < -0.3 is 0 Å². The minimum absolute atomic E-state index is 0.239. The molecule has 26 heavy (non-hydrogen) atoms. The summed E-state index contributed by atoms with van der Waals surface area (Å²) in [6.45, 7) is 3.54. The van der Waals surface area contributed by atoms with E-state index in [4.69, 9.17) is 0 Å². The van der Waals surface area contributed by atoms with Gasteiger partial charge in [0.1, 0.15) is 0 Å². The highest BCUT2D eigenvalue weighted by Gasteiger charge is 2.33. The van der Waals surface area contributed by atoms with Gasteiger partial charge in [0.15, 0.2) is 5.65 Å². The molecule has 2 aromatic heterocycles. The summed E-state index contributed by atoms with van der Waals surface area (Å²) < 4.78 is 2.99. The lowest BCUT2D eigenvalue weighted by Gasteiger charge is -2.12. The number of aromatic nitrogens is 3. The van der Waals surface area contributed by atoms with E-state index in [0.29, 0.717) is 19.0 Å². The fraction of sp³-hybridized carbons (Fsp3) is 0.350. The zero-order chi connectivity index (χ0) is 18.1. The first-order valence-corrected chi connectivity index (χ1v) is 9.85. The fourth-order valence-corrected chi connectivity index (χ4v) is 4.15. The van der Waals surface area contributed by atoms with Crippen LogP contribution < -0.4 is 4.68 Å². The predicted molar refractivity (Wildman–Crippen MR) is 104 cm³/mol. The number of amides is 1. The van der Waals surface area contributed by atoms with Gasteiger partial charge in [-0.1, -0.05) is 36.2 Å². The Labute approximate surface area is 161 Å². The van der Waals surface area contributed by atoms with Crippen LogP contribution in [0.3, 0.4) is 0 Å². The van der Waals surface area contributed by atoms with Gasteiger partial charge in [0, 0.05) is 29.2 Å². The molecule has 1 fully saturated rings. The van der Waals surface area contributed by atoms with Crippen LogP contribution in [-0.4, -0.2) is 27.4 Å². The average molecular weight is 414 g/mol. The topological polar surface area (TPSA) is 52.9 Å². The smallest absolute Gasteiger partial charge is 0.250 e. The van der Waals surface area contributed by atoms with Crippen molar-refractivity contribution in [2.45, 2.75) is 32.9 Å². The second-order valence-electron chi connectivity index (χ2n) is 6.92. The molecule has 1 aliphatic heterocycles. The molecule has 5 nitrogen and oxygen atoms in total. The zero-order valence-corrected chi connectivity index (χ0v) is 16.4. The van der Waals surface area contributed by atoms with Gasteiger partial charge in [-0.3, -0.25) is 9.69 Å². The van der Waals surface area contributed by atoms with Gasteiger partial charge in [-0.2, -0.15) is 0 Å². The number of carbonyl (C=O) groups is 1. The Morgan fingerprint density at radius 1 is 1.35 bits per heavy atom. The molecule has 1 amide bonds. The number of halogens is 1. The number of nitrogens with zero attached hydrogens (tertiary/aromatic N) is 3. The Morgan fingerprint density at radius 2 is 2.15 bits per heavy atom. The third kappa shape index (κ3) is 3.26. The maximum Gasteiger partial charge on any atom is 0.250 e. The van der Waals surface area contributed by atoms with Crippen molar-refractivity contribution < 1.29 is 9.48 Å². The summed E-state index contributed by atoms with van der Waals surface area (Å²) in [4.78, 5) is 18.9. The molecule has 1 aliphatic rings. The first kappa shape index (κ1) is 17.2. The molecular formula is C20H22BrN4O+. The van der Waals surface area contributed by atoms with Gasteiger partial charge >= 0.3 is 0 Å². The molecule has 1 N–H and O–H groups in total. The molecule has 1 saturated heterocycles. The number of hydrogen-bond acceptors (Lipinski definition) is 2. The number of hydrogen-bond donors (Lipinski definition) is 1. The lowest BCUT2D eigenvalue weighted by atomic mass is 10.0. The van der Waals surface area contributed by atoms with Crippen molar-refractivity contribution in [1.82, 2.24) is 15.0 Å². The second kappa shape index (κ2) is 7.19. The normalized spacial score (nSPS) is 17.4. The Hall–Kier alpha value is -2.21. The molecule has 0 radical (unpaired) electrons. The summed E-state index contributed by atoms with van der Waals surface area (Å²) in [6.07, 6.45) is 4.69. The highest BCUT2D eigenvalue weighted by Crippen LogP contribution is 2.27. The van der Waals surface area contributed by atoms with E-state index in [1.54, 1.807) is 6.20 Å². The molecule has 1 atom stereocenters. The van der Waals surface area contributed by atoms with E-state index in [9.17, 15) is 4.79 Å². The van der Waals surface area contributed by atoms with Crippen LogP contribution in [0.15, 0.2) is 47.1 Å². The fourth-order valence-electron chi connectivity index (χ4n) is 3.81. The van der Waals surface area contributed by atoms with Crippen molar-refractivity contribution in [3.8, 4) is 11.3 Å². The van der Waals surface area contributed by atoms with Gasteiger partial charge in [0.2, 0.25) is 11.6 Å². The maximum atomic E-state index is 12.5. The molecule has 1 unspecified atom stereocenters. The lowest BCUT2D eigenvalue weighted by molar-refractivity contribution is -0.752. The summed E-state index contributed by atoms with van der Waals surface area (Å²) >= 11 is 3.52. The molecular weight excluding hydrogens is 392 g/mol. The minimum Gasteiger partial charge on any atom is -0.285 e. The molecule has 134 valence electrons. The third-order valence-electron chi connectivity index (χ3n) is 4.97. The largest absolute Gasteiger partial charge is 0.285 e. The lowest BCUT2D eigenvalue weighted by Crippen LogP contribution is -2.47. The number of H-pyrrole nitrogens is 1. The number of nitrogens with one attached hydrogen (secondary N) is 1. The van der Waals surface area contributed by atoms with Crippen molar-refractivity contribution >= 4 is 32.9 Å². The summed E-state index contributed by atoms with van der Waals surface area (Å²) in [5, 5.41) is 4.42. The standard InChI is InChI=1S/C20H21BrN4O/c1-2-6-14-9-18(26)24(12-14)13-25-19(15-7-4-3-5-8-15)17-10-16(21)11-22-20(17)23-25/h3-5,7-8,10-11,14H,2,6,9,12-13H2,1H3/p+1. The third-order valence-corrected chi connectivity index (χ3v) is 5.40. The maximum absolute atomic E-state index is 12.5. The van der Waals surface area contributed by atoms with Crippen LogP contribution >= 0.6 is 15.9 Å². The van der Waals surface area contributed by atoms with Crippen molar-refractivity contribution in [1.29, 1.82) is 0 Å². The summed E-state index contributed by atoms with van der Waals surface area (Å²) in [5.41, 5.74) is 2.99. The van der Waals surface area contributed by atoms with E-state index in [0.717, 1.165) is 46.1 Å². The molecule has 4 rings (SSSR count). The molecule has 0 aliphatic carbocycles. The summed E-state index contributed by atoms with van der Waals surface area (Å²) in [7, 11) is 0. The van der Waals surface area contributed by atoms with Crippen LogP contribution in [-0.2, 0) is 11.5 Å². The van der Waals surface area contributed by atoms with Crippen molar-refractivity contribution in [2.75, 3.05) is 6.54 Å². The van der Waals surface area contributed by atoms with Crippen molar-refractivity contribution in [2.24, 2.45) is 5.92 Å². The molecule has 3 aromatic rings. The number of rotatable bonds is 5. The SMILES string of the molecule is CCCC1CC(=O)N(C[n+]2[nH]c3ncc(Br)cc3c2-c2ccccc2)C1. The molecule has 6 heteroatoms. The number of carbonyl (C=O) groups excluding carboxylic acids is 1. The van der Waals surface area contributed by atoms with Gasteiger partial charge in [-0.15, -0.1) is 5.10 Å². The molecule has 0 spiro atoms. The van der Waals surface area contributed by atoms with Crippen molar-refractivity contribution in [3.63, 3.8) is 0 Å². The Morgan fingerprint density at radius 3 is 2.92 bits per heavy atom. The van der Waals surface area contributed by atoms with Crippen LogP contribution in [0.5, 0.6) is 0 Å². The van der Waals surface area contributed by atoms with E-state index in [1.165, 1.54) is 0 Å². The number of aromatic amines is 1. The predicted octanol–water partition coefficient (Wildman–Crippen LogP) is 3.89. The van der Waals surface area contributed by atoms with Crippen LogP contribution in [0.1, 0.15) is 26.2 Å². The Balaban J connectivity index is 1.74. The first-order chi connectivity index (χ1) is 12.7. The minimum atomic E-state index is 0.239. The Kier molecular flexibility index (Phi) is 4.76. The van der Waals surface area contributed by atoms with E-state index < -0.39 is 0 Å². The highest BCUT2D eigenvalue weighted by molar-refractivity contribution is 9.10. The van der Waals surface area contributed by atoms with Gasteiger partial charge in [0.25, 0.3) is 6.67 Å². The molecule has 0 saturated carbocycles. The number of benzene rings is 1. The molecule has 1 aromatic carbocycles. The summed E-state index contributed by atoms with van der Waals surface area (Å²) in [6, 6.07) is 12.3. The highest BCUT2D eigenvalue weighted by atomic mass is 79.9. The molecule has 0 bridgehead atoms. The van der Waals surface area contributed by atoms with E-state index >= 15 is 0 Å². The summed E-state index contributed by atoms with van der Waals surface area (Å²) in [5.74, 6) is 0.715. The number of likely N-dealkylation sites (tertiary alicyclic amines) is 1. The van der Waals surface area contributed by atoms with Crippen molar-refractivity contribution in [3.05, 3.63) is 47.1 Å². The first-order valence-electron chi connectivity index (χ1n) is 9.06. The number of pyridine rings is 1. The second-order valence-corrected chi connectivity index (χ2v) is 7.84. The van der Waals surface area contributed by atoms with E-state index in [-0.39, 0.29) is 5.91 Å². The van der Waals surface area contributed by atoms with Crippen LogP contribution in [0.2, 0.25) is 0 Å². The average Bonchev–Trinajstić information content (AvgIpc) is 3.16. The monoisotopic (exact) mass is 413 g/mol.